The van der Waals surface area contributed by atoms with Gasteiger partial charge in [-0.25, -0.2) is 39.5 Å². The third kappa shape index (κ3) is 14.4. The molecule has 3 fully saturated rings. The molecule has 3 aliphatic carbocycles. The summed E-state index contributed by atoms with van der Waals surface area (Å²) >= 11 is 0. The molecule has 0 radical (unpaired) electrons. The monoisotopic (exact) mass is 1440 g/mol. The van der Waals surface area contributed by atoms with Gasteiger partial charge in [-0.3, -0.25) is 57.5 Å². The zero-order valence-electron chi connectivity index (χ0n) is 56.6. The zero-order chi connectivity index (χ0) is 75.5. The Bertz CT molecular complexity index is 4610. The Morgan fingerprint density at radius 3 is 0.971 bits per heavy atom. The first-order chi connectivity index (χ1) is 48.2. The number of nitrogens with zero attached hydrogens (tertiary/aromatic N) is 3. The maximum Gasteiger partial charge on any atom is 0.294 e. The number of hydrogen-bond donors (Lipinski definition) is 9. The minimum Gasteiger partial charge on any atom is -0.368 e. The standard InChI is InChI=1S/C24H25F3N4O4.2C23H23F3N4O4/c1-12-6-7-14(9-15(12)25)29-20(33)17-13(2)18(31-8-4-5-16(17)31)19(32)21(34)30-23(22(35)28-3)10-24(26,27)11-23;1-12-16(19(32)28-14-7-5-13(24)6-8-14)15-4-3-9-30(15)17(12)18(31)20(33)29-22(21(34)27-2)10-23(25,26)11-22;1-11-5-6-13(8-14(11)24)28-19(32)16-12(2)17(30-7-3-4-15(16)30)18(31)20(33)29-22(21(27)34)9-23(25,26)10-22/h6-7,9H,4-5,8,10-11H2,1-3H3,(H,28,35)(H,29,33)(H,30,34);5-8H,3-4,9-11H2,1-2H3,(H,27,34)(H,28,32)(H,29,33);5-6,8H,3-4,7,9-10H2,1-2H3,(H2,27,34)(H,28,32)(H,29,33). The Balaban J connectivity index is 0.000000166. The number of benzene rings is 3. The number of alkyl halides is 6. The third-order valence-corrected chi connectivity index (χ3v) is 19.4. The lowest BCUT2D eigenvalue weighted by Crippen LogP contribution is -2.69. The molecule has 9 amide bonds. The summed E-state index contributed by atoms with van der Waals surface area (Å²) in [5.74, 6) is -22.0. The quantitative estimate of drug-likeness (QED) is 0.0231. The molecule has 10 N–H and O–H groups in total. The number of likely N-dealkylation sites (N-methyl/N-ethyl adjacent to an activating group) is 2. The number of aryl methyl sites for hydroxylation is 2. The number of anilines is 3. The minimum absolute atomic E-state index is 0.0209. The molecule has 546 valence electrons. The third-order valence-electron chi connectivity index (χ3n) is 19.4. The summed E-state index contributed by atoms with van der Waals surface area (Å²) in [6, 6.07) is 13.7. The molecule has 3 aromatic carbocycles. The van der Waals surface area contributed by atoms with Crippen LogP contribution in [0.2, 0.25) is 0 Å². The molecule has 6 heterocycles. The predicted octanol–water partition coefficient (Wildman–Crippen LogP) is 7.40. The van der Waals surface area contributed by atoms with E-state index in [0.717, 1.165) is 0 Å². The van der Waals surface area contributed by atoms with Crippen molar-refractivity contribution in [2.24, 2.45) is 5.73 Å². The number of carbonyl (C=O) groups is 12. The number of carbonyl (C=O) groups excluding carboxylic acids is 12. The van der Waals surface area contributed by atoms with Gasteiger partial charge in [-0.15, -0.1) is 0 Å². The number of halogens is 9. The van der Waals surface area contributed by atoms with Gasteiger partial charge in [0.05, 0.1) is 33.8 Å². The van der Waals surface area contributed by atoms with Crippen LogP contribution in [0.5, 0.6) is 0 Å². The lowest BCUT2D eigenvalue weighted by molar-refractivity contribution is -0.164. The van der Waals surface area contributed by atoms with Gasteiger partial charge in [-0.05, 0) is 149 Å². The molecule has 12 rings (SSSR count). The van der Waals surface area contributed by atoms with Gasteiger partial charge >= 0.3 is 0 Å². The zero-order valence-corrected chi connectivity index (χ0v) is 56.6. The van der Waals surface area contributed by atoms with Gasteiger partial charge in [-0.2, -0.15) is 0 Å². The highest BCUT2D eigenvalue weighted by molar-refractivity contribution is 6.45. The highest BCUT2D eigenvalue weighted by atomic mass is 19.3. The minimum atomic E-state index is -3.17. The van der Waals surface area contributed by atoms with Crippen LogP contribution in [0, 0.1) is 52.1 Å². The molecular weight excluding hydrogens is 1370 g/mol. The number of ketones is 3. The molecule has 6 aliphatic rings. The van der Waals surface area contributed by atoms with E-state index in [1.807, 2.05) is 0 Å². The first kappa shape index (κ1) is 74.8. The van der Waals surface area contributed by atoms with Crippen molar-refractivity contribution in [3.63, 3.8) is 0 Å². The number of amides is 9. The Hall–Kier alpha value is -10.9. The van der Waals surface area contributed by atoms with Crippen LogP contribution in [0.4, 0.5) is 56.6 Å². The van der Waals surface area contributed by atoms with Crippen molar-refractivity contribution < 1.29 is 97.0 Å². The van der Waals surface area contributed by atoms with E-state index >= 15 is 0 Å². The molecule has 3 aliphatic heterocycles. The van der Waals surface area contributed by atoms with Crippen LogP contribution >= 0.6 is 0 Å². The van der Waals surface area contributed by atoms with Gasteiger partial charge in [0.25, 0.3) is 70.6 Å². The van der Waals surface area contributed by atoms with Crippen LogP contribution in [0.3, 0.4) is 0 Å². The summed E-state index contributed by atoms with van der Waals surface area (Å²) in [4.78, 5) is 153. The lowest BCUT2D eigenvalue weighted by Gasteiger charge is -2.45. The molecule has 0 atom stereocenters. The summed E-state index contributed by atoms with van der Waals surface area (Å²) in [6.07, 6.45) is -2.27. The van der Waals surface area contributed by atoms with Crippen LogP contribution in [0.25, 0.3) is 0 Å². The molecule has 0 spiro atoms. The SMILES string of the molecule is CNC(=O)C1(NC(=O)C(=O)c2c(C)c(C(=O)Nc3ccc(C)c(F)c3)c3n2CCC3)CC(F)(F)C1.CNC(=O)C1(NC(=O)C(=O)c2c(C)c(C(=O)Nc3ccc(F)cc3)c3n2CCC3)CC(F)(F)C1.Cc1ccc(NC(=O)c2c(C)c(C(=O)C(=O)NC3(C(N)=O)CC(F)(F)C3)n3c2CCC3)cc1F. The Morgan fingerprint density at radius 2 is 0.689 bits per heavy atom. The Kier molecular flexibility index (Phi) is 20.2. The van der Waals surface area contributed by atoms with Gasteiger partial charge in [-0.1, -0.05) is 12.1 Å². The van der Waals surface area contributed by atoms with E-state index in [0.29, 0.717) is 92.1 Å². The maximum atomic E-state index is 13.9. The summed E-state index contributed by atoms with van der Waals surface area (Å²) in [6.45, 7) is 8.87. The second-order valence-corrected chi connectivity index (χ2v) is 26.7. The van der Waals surface area contributed by atoms with Crippen LogP contribution in [0.15, 0.2) is 60.7 Å². The van der Waals surface area contributed by atoms with Crippen molar-refractivity contribution in [1.82, 2.24) is 40.3 Å². The Morgan fingerprint density at radius 1 is 0.408 bits per heavy atom. The molecule has 6 aromatic rings. The lowest BCUT2D eigenvalue weighted by atomic mass is 9.72. The number of nitrogens with two attached hydrogens (primary N) is 1. The smallest absolute Gasteiger partial charge is 0.294 e. The number of hydrogen-bond acceptors (Lipinski definition) is 12. The Labute approximate surface area is 581 Å². The highest BCUT2D eigenvalue weighted by Gasteiger charge is 2.64. The largest absolute Gasteiger partial charge is 0.368 e. The fraction of sp³-hybridized carbons (Fsp3) is 0.400. The molecule has 0 bridgehead atoms. The summed E-state index contributed by atoms with van der Waals surface area (Å²) in [7, 11) is 2.51. The van der Waals surface area contributed by atoms with Crippen molar-refractivity contribution in [3.05, 3.63) is 157 Å². The highest BCUT2D eigenvalue weighted by Crippen LogP contribution is 2.48. The van der Waals surface area contributed by atoms with E-state index in [1.54, 1.807) is 39.7 Å². The van der Waals surface area contributed by atoms with E-state index in [9.17, 15) is 97.0 Å². The van der Waals surface area contributed by atoms with Gasteiger partial charge in [0.15, 0.2) is 0 Å². The average molecular weight is 1440 g/mol. The second kappa shape index (κ2) is 27.8. The van der Waals surface area contributed by atoms with E-state index in [1.165, 1.54) is 83.4 Å². The molecule has 33 heteroatoms. The topological polar surface area (TPSA) is 342 Å². The number of fused-ring (bicyclic) bond motifs is 3. The van der Waals surface area contributed by atoms with Gasteiger partial charge in [0.1, 0.15) is 34.1 Å². The van der Waals surface area contributed by atoms with Crippen molar-refractivity contribution in [1.29, 1.82) is 0 Å². The first-order valence-corrected chi connectivity index (χ1v) is 32.6. The normalized spacial score (nSPS) is 17.3. The van der Waals surface area contributed by atoms with Gasteiger partial charge in [0, 0.05) is 106 Å². The van der Waals surface area contributed by atoms with Crippen molar-refractivity contribution in [2.75, 3.05) is 30.0 Å². The van der Waals surface area contributed by atoms with Crippen LogP contribution in [-0.2, 0) is 67.7 Å². The molecule has 24 nitrogen and oxygen atoms in total. The van der Waals surface area contributed by atoms with E-state index < -0.39 is 161 Å². The van der Waals surface area contributed by atoms with E-state index in [4.69, 9.17) is 5.73 Å². The predicted molar refractivity (Wildman–Crippen MR) is 350 cm³/mol. The van der Waals surface area contributed by atoms with Crippen molar-refractivity contribution in [2.45, 2.75) is 166 Å². The number of rotatable bonds is 18. The second-order valence-electron chi connectivity index (χ2n) is 26.7. The fourth-order valence-electron chi connectivity index (χ4n) is 14.4. The molecule has 3 saturated carbocycles. The molecule has 0 saturated heterocycles. The van der Waals surface area contributed by atoms with Crippen LogP contribution in [0.1, 0.15) is 165 Å². The fourth-order valence-corrected chi connectivity index (χ4v) is 14.4. The number of nitrogens with one attached hydrogen (secondary N) is 8. The van der Waals surface area contributed by atoms with Crippen LogP contribution < -0.4 is 48.3 Å². The average Bonchev–Trinajstić information content (AvgIpc) is 1.18. The molecule has 0 unspecified atom stereocenters. The summed E-state index contributed by atoms with van der Waals surface area (Å²) in [5.41, 5.74) is 4.03. The van der Waals surface area contributed by atoms with Gasteiger partial charge < -0.3 is 62.0 Å². The maximum absolute atomic E-state index is 13.9. The number of Topliss-reactive ketones (excluding diaryl/α,β-unsaturated/α-hetero) is 3. The molecular formula is C70H71F9N12O12. The molecule has 103 heavy (non-hydrogen) atoms. The number of primary amides is 1. The van der Waals surface area contributed by atoms with E-state index in [2.05, 4.69) is 42.5 Å². The first-order valence-electron chi connectivity index (χ1n) is 32.6. The van der Waals surface area contributed by atoms with Crippen molar-refractivity contribution in [3.8, 4) is 0 Å². The molecule has 3 aromatic heterocycles. The van der Waals surface area contributed by atoms with Crippen LogP contribution in [-0.4, -0.2) is 133 Å². The van der Waals surface area contributed by atoms with Crippen molar-refractivity contribution >= 4 is 87.6 Å². The van der Waals surface area contributed by atoms with E-state index in [-0.39, 0.29) is 61.8 Å². The van der Waals surface area contributed by atoms with Gasteiger partial charge in [0.2, 0.25) is 17.7 Å². The summed E-state index contributed by atoms with van der Waals surface area (Å²) in [5, 5.41) is 18.9. The number of aromatic nitrogens is 3. The summed E-state index contributed by atoms with van der Waals surface area (Å²) < 4.78 is 127.